The van der Waals surface area contributed by atoms with E-state index >= 15 is 0 Å². The number of halogens is 2. The molecule has 0 bridgehead atoms. The van der Waals surface area contributed by atoms with Gasteiger partial charge >= 0.3 is 0 Å². The van der Waals surface area contributed by atoms with Crippen molar-refractivity contribution < 1.29 is 9.32 Å². The summed E-state index contributed by atoms with van der Waals surface area (Å²) < 4.78 is 4.57. The monoisotopic (exact) mass is 257 g/mol. The molecule has 1 heterocycles. The molecule has 5 heteroatoms. The summed E-state index contributed by atoms with van der Waals surface area (Å²) in [6, 6.07) is 12.0. The van der Waals surface area contributed by atoms with Gasteiger partial charge in [0.25, 0.3) is 5.24 Å². The normalized spacial score (nSPS) is 9.19. The van der Waals surface area contributed by atoms with Crippen LogP contribution in [0.15, 0.2) is 40.9 Å². The second kappa shape index (κ2) is 6.30. The number of rotatable bonds is 1. The van der Waals surface area contributed by atoms with E-state index in [1.807, 2.05) is 36.4 Å². The summed E-state index contributed by atoms with van der Waals surface area (Å²) in [7, 11) is 0. The predicted octanol–water partition coefficient (Wildman–Crippen LogP) is 3.70. The molecule has 0 amide bonds. The zero-order chi connectivity index (χ0) is 12.0. The molecule has 1 aromatic carbocycles. The molecule has 0 fully saturated rings. The second-order valence-electron chi connectivity index (χ2n) is 2.83. The van der Waals surface area contributed by atoms with Gasteiger partial charge in [0.05, 0.1) is 0 Å². The lowest BCUT2D eigenvalue weighted by molar-refractivity contribution is 0.108. The molecule has 0 aliphatic carbocycles. The molecule has 3 nitrogen and oxygen atoms in total. The summed E-state index contributed by atoms with van der Waals surface area (Å²) in [6.07, 6.45) is 0. The van der Waals surface area contributed by atoms with Crippen molar-refractivity contribution in [1.82, 2.24) is 5.16 Å². The highest BCUT2D eigenvalue weighted by molar-refractivity contribution is 6.68. The predicted molar refractivity (Wildman–Crippen MR) is 62.9 cm³/mol. The Hall–Kier alpha value is -1.32. The second-order valence-corrected chi connectivity index (χ2v) is 3.53. The summed E-state index contributed by atoms with van der Waals surface area (Å²) in [4.78, 5) is 10.5. The van der Waals surface area contributed by atoms with Crippen LogP contribution in [0, 0.1) is 6.92 Å². The lowest BCUT2D eigenvalue weighted by atomic mass is 10.3. The Morgan fingerprint density at radius 2 is 1.62 bits per heavy atom. The first-order valence-electron chi connectivity index (χ1n) is 4.44. The Balaban J connectivity index is 0.000000181. The molecule has 0 radical (unpaired) electrons. The minimum absolute atomic E-state index is 0.0116. The van der Waals surface area contributed by atoms with Gasteiger partial charge in [0.15, 0.2) is 5.15 Å². The number of aryl methyl sites for hydroxylation is 1. The van der Waals surface area contributed by atoms with Crippen molar-refractivity contribution in [3.8, 4) is 0 Å². The molecule has 0 spiro atoms. The van der Waals surface area contributed by atoms with Gasteiger partial charge in [0.1, 0.15) is 11.3 Å². The summed E-state index contributed by atoms with van der Waals surface area (Å²) >= 11 is 10.6. The van der Waals surface area contributed by atoms with Crippen LogP contribution in [0.4, 0.5) is 0 Å². The lowest BCUT2D eigenvalue weighted by Crippen LogP contribution is -1.88. The summed E-state index contributed by atoms with van der Waals surface area (Å²) in [5.41, 5.74) is 0.142. The Morgan fingerprint density at radius 1 is 1.19 bits per heavy atom. The minimum Gasteiger partial charge on any atom is -0.359 e. The number of nitrogens with zero attached hydrogens (tertiary/aromatic N) is 1. The first-order valence-corrected chi connectivity index (χ1v) is 5.20. The fourth-order valence-electron chi connectivity index (χ4n) is 0.949. The van der Waals surface area contributed by atoms with Gasteiger partial charge in [-0.3, -0.25) is 4.79 Å². The van der Waals surface area contributed by atoms with Crippen LogP contribution < -0.4 is 0 Å². The van der Waals surface area contributed by atoms with E-state index in [9.17, 15) is 4.79 Å². The number of hydrogen-bond donors (Lipinski definition) is 0. The van der Waals surface area contributed by atoms with Crippen LogP contribution in [0.5, 0.6) is 0 Å². The van der Waals surface area contributed by atoms with E-state index in [1.165, 1.54) is 0 Å². The van der Waals surface area contributed by atoms with Gasteiger partial charge in [-0.05, 0) is 18.5 Å². The van der Waals surface area contributed by atoms with Gasteiger partial charge in [-0.1, -0.05) is 53.2 Å². The van der Waals surface area contributed by atoms with Gasteiger partial charge in [-0.2, -0.15) is 0 Å². The molecule has 0 unspecified atom stereocenters. The van der Waals surface area contributed by atoms with Crippen molar-refractivity contribution in [2.24, 2.45) is 0 Å². The zero-order valence-electron chi connectivity index (χ0n) is 8.48. The molecule has 0 atom stereocenters. The van der Waals surface area contributed by atoms with Crippen molar-refractivity contribution >= 4 is 28.4 Å². The minimum atomic E-state index is -0.649. The summed E-state index contributed by atoms with van der Waals surface area (Å²) in [5, 5.41) is 2.68. The van der Waals surface area contributed by atoms with Gasteiger partial charge in [0.2, 0.25) is 0 Å². The number of carbonyl (C=O) groups excluding carboxylic acids is 1. The van der Waals surface area contributed by atoms with E-state index in [1.54, 1.807) is 6.92 Å². The van der Waals surface area contributed by atoms with Crippen LogP contribution in [0.25, 0.3) is 0 Å². The SMILES string of the molecule is Cc1onc(Cl)c1C(=O)Cl.c1ccccc1. The summed E-state index contributed by atoms with van der Waals surface area (Å²) in [5.74, 6) is 0.338. The average Bonchev–Trinajstić information content (AvgIpc) is 2.62. The molecule has 0 saturated carbocycles. The van der Waals surface area contributed by atoms with Gasteiger partial charge in [-0.15, -0.1) is 0 Å². The highest BCUT2D eigenvalue weighted by Crippen LogP contribution is 2.19. The first-order chi connectivity index (χ1) is 7.63. The Morgan fingerprint density at radius 3 is 1.81 bits per heavy atom. The molecular formula is C11H9Cl2NO2. The number of carbonyl (C=O) groups is 1. The molecule has 2 rings (SSSR count). The van der Waals surface area contributed by atoms with Crippen LogP contribution in [-0.2, 0) is 0 Å². The van der Waals surface area contributed by atoms with E-state index in [2.05, 4.69) is 9.68 Å². The first kappa shape index (κ1) is 12.7. The van der Waals surface area contributed by atoms with E-state index in [-0.39, 0.29) is 10.7 Å². The molecule has 2 aromatic rings. The largest absolute Gasteiger partial charge is 0.359 e. The van der Waals surface area contributed by atoms with Gasteiger partial charge in [0, 0.05) is 0 Å². The van der Waals surface area contributed by atoms with Crippen molar-refractivity contribution in [2.75, 3.05) is 0 Å². The van der Waals surface area contributed by atoms with E-state index in [0.29, 0.717) is 5.76 Å². The standard InChI is InChI=1S/C6H6.C5H3Cl2NO2/c1-2-4-6-5-3-1;1-2-3(5(7)9)4(6)8-10-2/h1-6H;1H3. The Kier molecular flexibility index (Phi) is 5.02. The molecule has 0 aliphatic rings. The van der Waals surface area contributed by atoms with E-state index in [0.717, 1.165) is 0 Å². The van der Waals surface area contributed by atoms with Gasteiger partial charge in [-0.25, -0.2) is 0 Å². The van der Waals surface area contributed by atoms with Crippen molar-refractivity contribution in [3.05, 3.63) is 52.9 Å². The Bertz CT molecular complexity index is 408. The molecule has 84 valence electrons. The third-order valence-electron chi connectivity index (χ3n) is 1.68. The van der Waals surface area contributed by atoms with Crippen molar-refractivity contribution in [3.63, 3.8) is 0 Å². The maximum atomic E-state index is 10.5. The van der Waals surface area contributed by atoms with Crippen LogP contribution >= 0.6 is 23.2 Å². The molecular weight excluding hydrogens is 249 g/mol. The van der Waals surface area contributed by atoms with Crippen LogP contribution in [0.2, 0.25) is 5.15 Å². The van der Waals surface area contributed by atoms with Crippen molar-refractivity contribution in [2.45, 2.75) is 6.92 Å². The quantitative estimate of drug-likeness (QED) is 0.732. The molecule has 0 N–H and O–H groups in total. The van der Waals surface area contributed by atoms with Crippen LogP contribution in [0.1, 0.15) is 16.1 Å². The zero-order valence-corrected chi connectivity index (χ0v) is 10.00. The highest BCUT2D eigenvalue weighted by atomic mass is 35.5. The fraction of sp³-hybridized carbons (Fsp3) is 0.0909. The molecule has 0 aliphatic heterocycles. The van der Waals surface area contributed by atoms with Crippen molar-refractivity contribution in [1.29, 1.82) is 0 Å². The maximum Gasteiger partial charge on any atom is 0.259 e. The summed E-state index contributed by atoms with van der Waals surface area (Å²) in [6.45, 7) is 1.56. The topological polar surface area (TPSA) is 43.1 Å². The molecule has 1 aromatic heterocycles. The fourth-order valence-corrected chi connectivity index (χ4v) is 1.47. The van der Waals surface area contributed by atoms with Gasteiger partial charge < -0.3 is 4.52 Å². The van der Waals surface area contributed by atoms with Crippen LogP contribution in [-0.4, -0.2) is 10.4 Å². The van der Waals surface area contributed by atoms with Crippen LogP contribution in [0.3, 0.4) is 0 Å². The lowest BCUT2D eigenvalue weighted by Gasteiger charge is -1.84. The number of aromatic nitrogens is 1. The Labute approximate surface area is 103 Å². The molecule has 16 heavy (non-hydrogen) atoms. The average molecular weight is 258 g/mol. The number of benzene rings is 1. The highest BCUT2D eigenvalue weighted by Gasteiger charge is 2.16. The van der Waals surface area contributed by atoms with E-state index in [4.69, 9.17) is 23.2 Å². The maximum absolute atomic E-state index is 10.5. The van der Waals surface area contributed by atoms with E-state index < -0.39 is 5.24 Å². The molecule has 0 saturated heterocycles. The smallest absolute Gasteiger partial charge is 0.259 e. The number of hydrogen-bond acceptors (Lipinski definition) is 3. The third kappa shape index (κ3) is 3.68. The third-order valence-corrected chi connectivity index (χ3v) is 2.13.